The molecule has 0 saturated carbocycles. The van der Waals surface area contributed by atoms with Crippen molar-refractivity contribution >= 4 is 38.9 Å². The number of hydrogen-bond acceptors (Lipinski definition) is 5. The molecule has 0 saturated heterocycles. The Morgan fingerprint density at radius 1 is 1.30 bits per heavy atom. The van der Waals surface area contributed by atoms with Gasteiger partial charge in [-0.3, -0.25) is 0 Å². The van der Waals surface area contributed by atoms with E-state index in [1.807, 2.05) is 18.3 Å². The van der Waals surface area contributed by atoms with Crippen LogP contribution in [-0.2, 0) is 0 Å². The van der Waals surface area contributed by atoms with Gasteiger partial charge in [0, 0.05) is 16.3 Å². The summed E-state index contributed by atoms with van der Waals surface area (Å²) >= 11 is 5.39. The van der Waals surface area contributed by atoms with Crippen molar-refractivity contribution in [3.05, 3.63) is 32.2 Å². The number of nitrogens with one attached hydrogen (secondary N) is 2. The van der Waals surface area contributed by atoms with Gasteiger partial charge in [0.2, 0.25) is 0 Å². The van der Waals surface area contributed by atoms with Crippen LogP contribution in [0, 0.1) is 13.8 Å². The first-order chi connectivity index (χ1) is 9.52. The van der Waals surface area contributed by atoms with Gasteiger partial charge < -0.3 is 10.6 Å². The summed E-state index contributed by atoms with van der Waals surface area (Å²) in [6.07, 6.45) is 1.57. The highest BCUT2D eigenvalue weighted by atomic mass is 79.9. The van der Waals surface area contributed by atoms with E-state index in [0.717, 1.165) is 22.7 Å². The summed E-state index contributed by atoms with van der Waals surface area (Å²) in [5.74, 6) is 1.63. The third-order valence-corrected chi connectivity index (χ3v) is 4.77. The number of nitrogens with zero attached hydrogens (tertiary/aromatic N) is 2. The van der Waals surface area contributed by atoms with Gasteiger partial charge in [-0.05, 0) is 55.3 Å². The van der Waals surface area contributed by atoms with Crippen LogP contribution in [0.5, 0.6) is 0 Å². The fraction of sp³-hybridized carbons (Fsp3) is 0.429. The minimum Gasteiger partial charge on any atom is -0.369 e. The minimum atomic E-state index is 0.209. The average molecular weight is 355 g/mol. The lowest BCUT2D eigenvalue weighted by Crippen LogP contribution is -2.10. The van der Waals surface area contributed by atoms with Crippen LogP contribution in [0.25, 0.3) is 0 Å². The van der Waals surface area contributed by atoms with Crippen LogP contribution in [0.15, 0.2) is 16.9 Å². The molecule has 1 unspecified atom stereocenters. The summed E-state index contributed by atoms with van der Waals surface area (Å²) in [5.41, 5.74) is 1.32. The number of thiophene rings is 1. The van der Waals surface area contributed by atoms with Crippen molar-refractivity contribution in [1.29, 1.82) is 0 Å². The Balaban J connectivity index is 2.21. The SMILES string of the molecule is CCNc1ncnc(NC(C)c2cc(C)sc2C)c1Br. The van der Waals surface area contributed by atoms with Crippen LogP contribution in [0.4, 0.5) is 11.6 Å². The maximum atomic E-state index is 4.32. The molecule has 2 heterocycles. The Morgan fingerprint density at radius 2 is 2.00 bits per heavy atom. The summed E-state index contributed by atoms with van der Waals surface area (Å²) in [7, 11) is 0. The maximum Gasteiger partial charge on any atom is 0.146 e. The molecule has 6 heteroatoms. The highest BCUT2D eigenvalue weighted by molar-refractivity contribution is 9.10. The first-order valence-corrected chi connectivity index (χ1v) is 8.21. The number of hydrogen-bond donors (Lipinski definition) is 2. The van der Waals surface area contributed by atoms with Gasteiger partial charge in [-0.15, -0.1) is 11.3 Å². The Bertz CT molecular complexity index is 597. The summed E-state index contributed by atoms with van der Waals surface area (Å²) in [6, 6.07) is 2.44. The van der Waals surface area contributed by atoms with Gasteiger partial charge in [-0.25, -0.2) is 9.97 Å². The molecule has 20 heavy (non-hydrogen) atoms. The van der Waals surface area contributed by atoms with Crippen LogP contribution < -0.4 is 10.6 Å². The summed E-state index contributed by atoms with van der Waals surface area (Å²) in [4.78, 5) is 11.2. The number of aryl methyl sites for hydroxylation is 2. The molecule has 0 aliphatic carbocycles. The minimum absolute atomic E-state index is 0.209. The second-order valence-corrected chi connectivity index (χ2v) is 6.90. The fourth-order valence-electron chi connectivity index (χ4n) is 2.12. The molecule has 4 nitrogen and oxygen atoms in total. The predicted octanol–water partition coefficient (Wildman–Crippen LogP) is 4.52. The van der Waals surface area contributed by atoms with Crippen LogP contribution in [0.1, 0.15) is 35.2 Å². The Kier molecular flexibility index (Phi) is 4.99. The molecule has 2 aromatic heterocycles. The van der Waals surface area contributed by atoms with E-state index in [1.165, 1.54) is 15.3 Å². The monoisotopic (exact) mass is 354 g/mol. The highest BCUT2D eigenvalue weighted by Crippen LogP contribution is 2.32. The van der Waals surface area contributed by atoms with Crippen molar-refractivity contribution in [2.24, 2.45) is 0 Å². The average Bonchev–Trinajstić information content (AvgIpc) is 2.73. The largest absolute Gasteiger partial charge is 0.369 e. The summed E-state index contributed by atoms with van der Waals surface area (Å²) in [5, 5.41) is 6.66. The second-order valence-electron chi connectivity index (χ2n) is 4.65. The van der Waals surface area contributed by atoms with E-state index in [-0.39, 0.29) is 6.04 Å². The molecule has 1 atom stereocenters. The fourth-order valence-corrected chi connectivity index (χ4v) is 3.61. The van der Waals surface area contributed by atoms with E-state index in [2.05, 4.69) is 63.4 Å². The molecule has 0 fully saturated rings. The summed E-state index contributed by atoms with van der Waals surface area (Å²) < 4.78 is 0.873. The molecule has 0 radical (unpaired) electrons. The van der Waals surface area contributed by atoms with E-state index < -0.39 is 0 Å². The second kappa shape index (κ2) is 6.54. The lowest BCUT2D eigenvalue weighted by molar-refractivity contribution is 0.867. The van der Waals surface area contributed by atoms with Crippen molar-refractivity contribution in [2.75, 3.05) is 17.2 Å². The molecule has 0 spiro atoms. The van der Waals surface area contributed by atoms with Crippen molar-refractivity contribution < 1.29 is 0 Å². The van der Waals surface area contributed by atoms with E-state index in [4.69, 9.17) is 0 Å². The number of rotatable bonds is 5. The first kappa shape index (κ1) is 15.3. The predicted molar refractivity (Wildman–Crippen MR) is 89.7 cm³/mol. The number of halogens is 1. The van der Waals surface area contributed by atoms with E-state index in [1.54, 1.807) is 6.33 Å². The Hall–Kier alpha value is -1.14. The molecular weight excluding hydrogens is 336 g/mol. The van der Waals surface area contributed by atoms with Crippen LogP contribution in [0.3, 0.4) is 0 Å². The maximum absolute atomic E-state index is 4.32. The zero-order valence-electron chi connectivity index (χ0n) is 12.1. The van der Waals surface area contributed by atoms with Crippen molar-refractivity contribution in [2.45, 2.75) is 33.7 Å². The molecule has 0 amide bonds. The quantitative estimate of drug-likeness (QED) is 0.828. The third kappa shape index (κ3) is 3.30. The summed E-state index contributed by atoms with van der Waals surface area (Å²) in [6.45, 7) is 9.31. The zero-order chi connectivity index (χ0) is 14.7. The Morgan fingerprint density at radius 3 is 2.60 bits per heavy atom. The van der Waals surface area contributed by atoms with Crippen molar-refractivity contribution in [3.63, 3.8) is 0 Å². The number of anilines is 2. The van der Waals surface area contributed by atoms with E-state index >= 15 is 0 Å². The molecule has 2 N–H and O–H groups in total. The van der Waals surface area contributed by atoms with Gasteiger partial charge in [-0.1, -0.05) is 0 Å². The standard InChI is InChI=1S/C14H19BrN4S/c1-5-16-13-12(15)14(18-7-17-13)19-9(3)11-6-8(2)20-10(11)4/h6-7,9H,5H2,1-4H3,(H2,16,17,18,19). The molecule has 0 aliphatic rings. The smallest absolute Gasteiger partial charge is 0.146 e. The van der Waals surface area contributed by atoms with Gasteiger partial charge in [0.05, 0.1) is 6.04 Å². The molecule has 0 aliphatic heterocycles. The molecular formula is C14H19BrN4S. The lowest BCUT2D eigenvalue weighted by Gasteiger charge is -2.16. The van der Waals surface area contributed by atoms with Crippen molar-refractivity contribution in [3.8, 4) is 0 Å². The number of aromatic nitrogens is 2. The molecule has 0 bridgehead atoms. The van der Waals surface area contributed by atoms with Gasteiger partial charge >= 0.3 is 0 Å². The van der Waals surface area contributed by atoms with Gasteiger partial charge in [0.25, 0.3) is 0 Å². The van der Waals surface area contributed by atoms with Gasteiger partial charge in [0.1, 0.15) is 22.4 Å². The highest BCUT2D eigenvalue weighted by Gasteiger charge is 2.14. The molecule has 0 aromatic carbocycles. The normalized spacial score (nSPS) is 12.2. The van der Waals surface area contributed by atoms with E-state index in [0.29, 0.717) is 0 Å². The van der Waals surface area contributed by atoms with Gasteiger partial charge in [0.15, 0.2) is 0 Å². The molecule has 2 aromatic rings. The third-order valence-electron chi connectivity index (χ3n) is 3.03. The zero-order valence-corrected chi connectivity index (χ0v) is 14.5. The van der Waals surface area contributed by atoms with Crippen LogP contribution >= 0.6 is 27.3 Å². The van der Waals surface area contributed by atoms with Crippen molar-refractivity contribution in [1.82, 2.24) is 9.97 Å². The van der Waals surface area contributed by atoms with Gasteiger partial charge in [-0.2, -0.15) is 0 Å². The molecule has 2 rings (SSSR count). The van der Waals surface area contributed by atoms with Crippen LogP contribution in [0.2, 0.25) is 0 Å². The lowest BCUT2D eigenvalue weighted by atomic mass is 10.1. The molecule has 108 valence electrons. The topological polar surface area (TPSA) is 49.8 Å². The van der Waals surface area contributed by atoms with Crippen LogP contribution in [-0.4, -0.2) is 16.5 Å². The Labute approximate surface area is 132 Å². The van der Waals surface area contributed by atoms with E-state index in [9.17, 15) is 0 Å². The first-order valence-electron chi connectivity index (χ1n) is 6.60.